The van der Waals surface area contributed by atoms with Crippen LogP contribution in [0.15, 0.2) is 49.1 Å². The minimum atomic E-state index is 0.0574. The molecular formula is C19H21N3O2. The van der Waals surface area contributed by atoms with Crippen molar-refractivity contribution in [3.63, 3.8) is 0 Å². The maximum absolute atomic E-state index is 13.1. The summed E-state index contributed by atoms with van der Waals surface area (Å²) in [6.07, 6.45) is 10.2. The maximum atomic E-state index is 13.1. The molecule has 0 radical (unpaired) electrons. The van der Waals surface area contributed by atoms with Crippen LogP contribution in [0.1, 0.15) is 30.7 Å². The Balaban J connectivity index is 1.51. The average Bonchev–Trinajstić information content (AvgIpc) is 3.28. The number of amides is 1. The summed E-state index contributed by atoms with van der Waals surface area (Å²) in [4.78, 5) is 23.1. The Morgan fingerprint density at radius 2 is 1.83 bits per heavy atom. The second-order valence-electron chi connectivity index (χ2n) is 6.52. The molecule has 2 aromatic rings. The van der Waals surface area contributed by atoms with Crippen LogP contribution in [0.25, 0.3) is 0 Å². The van der Waals surface area contributed by atoms with Gasteiger partial charge in [-0.1, -0.05) is 0 Å². The lowest BCUT2D eigenvalue weighted by molar-refractivity contribution is -0.120. The highest BCUT2D eigenvalue weighted by Crippen LogP contribution is 2.48. The van der Waals surface area contributed by atoms with Crippen LogP contribution in [-0.4, -0.2) is 35.1 Å². The number of aromatic nitrogens is 2. The summed E-state index contributed by atoms with van der Waals surface area (Å²) in [5.41, 5.74) is 2.11. The van der Waals surface area contributed by atoms with E-state index in [9.17, 15) is 4.79 Å². The van der Waals surface area contributed by atoms with Crippen molar-refractivity contribution in [2.24, 2.45) is 5.92 Å². The number of hydrogen-bond donors (Lipinski definition) is 0. The summed E-state index contributed by atoms with van der Waals surface area (Å²) in [7, 11) is 0. The molecule has 3 heterocycles. The molecule has 1 saturated carbocycles. The van der Waals surface area contributed by atoms with Gasteiger partial charge in [-0.15, -0.1) is 0 Å². The summed E-state index contributed by atoms with van der Waals surface area (Å²) in [5, 5.41) is 0. The second-order valence-corrected chi connectivity index (χ2v) is 6.52. The van der Waals surface area contributed by atoms with Crippen molar-refractivity contribution in [3.8, 4) is 0 Å². The molecule has 2 aliphatic rings. The highest BCUT2D eigenvalue weighted by Gasteiger charge is 2.46. The van der Waals surface area contributed by atoms with Gasteiger partial charge >= 0.3 is 0 Å². The van der Waals surface area contributed by atoms with Gasteiger partial charge in [-0.3, -0.25) is 14.8 Å². The first-order chi connectivity index (χ1) is 11.8. The largest absolute Gasteiger partial charge is 0.376 e. The van der Waals surface area contributed by atoms with E-state index in [1.807, 2.05) is 29.2 Å². The van der Waals surface area contributed by atoms with Crippen LogP contribution in [-0.2, 0) is 9.53 Å². The van der Waals surface area contributed by atoms with Gasteiger partial charge in [-0.05, 0) is 55.0 Å². The molecule has 0 bridgehead atoms. The number of hydrogen-bond acceptors (Lipinski definition) is 4. The molecule has 4 rings (SSSR count). The van der Waals surface area contributed by atoms with Crippen LogP contribution in [0.5, 0.6) is 0 Å². The number of rotatable bonds is 5. The lowest BCUT2D eigenvalue weighted by Gasteiger charge is -2.25. The summed E-state index contributed by atoms with van der Waals surface area (Å²) in [6.45, 7) is 1.43. The van der Waals surface area contributed by atoms with Crippen LogP contribution < -0.4 is 4.90 Å². The standard InChI is InChI=1S/C19H21N3O2/c23-19(18-12-17(18)14-3-7-20-8-4-14)22(13-16-2-1-11-24-16)15-5-9-21-10-6-15/h3-10,16-18H,1-2,11-13H2/t16?,17-,18+/m0/s1. The van der Waals surface area contributed by atoms with Crippen LogP contribution in [0.2, 0.25) is 0 Å². The number of pyridine rings is 2. The summed E-state index contributed by atoms with van der Waals surface area (Å²) >= 11 is 0. The van der Waals surface area contributed by atoms with Crippen LogP contribution in [0.3, 0.4) is 0 Å². The zero-order valence-corrected chi connectivity index (χ0v) is 13.5. The number of carbonyl (C=O) groups is 1. The molecule has 5 heteroatoms. The van der Waals surface area contributed by atoms with E-state index >= 15 is 0 Å². The first-order valence-electron chi connectivity index (χ1n) is 8.56. The number of carbonyl (C=O) groups excluding carboxylic acids is 1. The van der Waals surface area contributed by atoms with E-state index in [0.717, 1.165) is 31.6 Å². The molecule has 124 valence electrons. The highest BCUT2D eigenvalue weighted by atomic mass is 16.5. The van der Waals surface area contributed by atoms with Crippen molar-refractivity contribution in [3.05, 3.63) is 54.6 Å². The fraction of sp³-hybridized carbons (Fsp3) is 0.421. The molecule has 1 unspecified atom stereocenters. The highest BCUT2D eigenvalue weighted by molar-refractivity contribution is 5.97. The topological polar surface area (TPSA) is 55.3 Å². The Morgan fingerprint density at radius 3 is 2.50 bits per heavy atom. The van der Waals surface area contributed by atoms with Crippen molar-refractivity contribution >= 4 is 11.6 Å². The Labute approximate surface area is 141 Å². The van der Waals surface area contributed by atoms with Gasteiger partial charge in [-0.25, -0.2) is 0 Å². The minimum absolute atomic E-state index is 0.0574. The molecule has 1 aliphatic heterocycles. The van der Waals surface area contributed by atoms with Gasteiger partial charge in [0.2, 0.25) is 5.91 Å². The van der Waals surface area contributed by atoms with Crippen molar-refractivity contribution < 1.29 is 9.53 Å². The number of nitrogens with zero attached hydrogens (tertiary/aromatic N) is 3. The maximum Gasteiger partial charge on any atom is 0.230 e. The third kappa shape index (κ3) is 3.17. The van der Waals surface area contributed by atoms with E-state index in [0.29, 0.717) is 12.5 Å². The van der Waals surface area contributed by atoms with E-state index in [-0.39, 0.29) is 17.9 Å². The zero-order valence-electron chi connectivity index (χ0n) is 13.5. The predicted octanol–water partition coefficient (Wildman–Crippen LogP) is 2.79. The van der Waals surface area contributed by atoms with Crippen molar-refractivity contribution in [1.29, 1.82) is 0 Å². The molecule has 1 amide bonds. The molecule has 1 aliphatic carbocycles. The van der Waals surface area contributed by atoms with Gasteiger partial charge in [0.25, 0.3) is 0 Å². The molecular weight excluding hydrogens is 302 g/mol. The van der Waals surface area contributed by atoms with Crippen molar-refractivity contribution in [2.45, 2.75) is 31.3 Å². The Morgan fingerprint density at radius 1 is 1.12 bits per heavy atom. The smallest absolute Gasteiger partial charge is 0.230 e. The lowest BCUT2D eigenvalue weighted by atomic mass is 10.1. The van der Waals surface area contributed by atoms with E-state index < -0.39 is 0 Å². The first-order valence-corrected chi connectivity index (χ1v) is 8.56. The third-order valence-corrected chi connectivity index (χ3v) is 4.89. The van der Waals surface area contributed by atoms with Gasteiger partial charge in [0.1, 0.15) is 0 Å². The van der Waals surface area contributed by atoms with Gasteiger partial charge in [0, 0.05) is 43.0 Å². The SMILES string of the molecule is O=C([C@@H]1C[C@H]1c1ccncc1)N(CC1CCCO1)c1ccncc1. The fourth-order valence-electron chi connectivity index (χ4n) is 3.49. The Hall–Kier alpha value is -2.27. The molecule has 0 N–H and O–H groups in total. The normalized spacial score (nSPS) is 25.4. The average molecular weight is 323 g/mol. The summed E-state index contributed by atoms with van der Waals surface area (Å²) < 4.78 is 5.75. The second kappa shape index (κ2) is 6.69. The van der Waals surface area contributed by atoms with Crippen LogP contribution in [0.4, 0.5) is 5.69 Å². The zero-order chi connectivity index (χ0) is 16.4. The Kier molecular flexibility index (Phi) is 4.26. The molecule has 0 spiro atoms. The molecule has 2 aromatic heterocycles. The monoisotopic (exact) mass is 323 g/mol. The quantitative estimate of drug-likeness (QED) is 0.849. The third-order valence-electron chi connectivity index (χ3n) is 4.89. The predicted molar refractivity (Wildman–Crippen MR) is 90.6 cm³/mol. The van der Waals surface area contributed by atoms with E-state index in [4.69, 9.17) is 4.74 Å². The van der Waals surface area contributed by atoms with Crippen molar-refractivity contribution in [2.75, 3.05) is 18.1 Å². The van der Waals surface area contributed by atoms with E-state index in [1.165, 1.54) is 5.56 Å². The summed E-state index contributed by atoms with van der Waals surface area (Å²) in [6, 6.07) is 7.82. The van der Waals surface area contributed by atoms with Crippen LogP contribution in [0, 0.1) is 5.92 Å². The van der Waals surface area contributed by atoms with Crippen LogP contribution >= 0.6 is 0 Å². The van der Waals surface area contributed by atoms with E-state index in [1.54, 1.807) is 24.8 Å². The fourth-order valence-corrected chi connectivity index (χ4v) is 3.49. The van der Waals surface area contributed by atoms with Gasteiger partial charge in [-0.2, -0.15) is 0 Å². The van der Waals surface area contributed by atoms with Gasteiger partial charge < -0.3 is 9.64 Å². The number of anilines is 1. The van der Waals surface area contributed by atoms with E-state index in [2.05, 4.69) is 9.97 Å². The van der Waals surface area contributed by atoms with Crippen molar-refractivity contribution in [1.82, 2.24) is 9.97 Å². The van der Waals surface area contributed by atoms with Gasteiger partial charge in [0.05, 0.1) is 12.6 Å². The molecule has 2 fully saturated rings. The summed E-state index contributed by atoms with van der Waals surface area (Å²) in [5.74, 6) is 0.565. The molecule has 1 saturated heterocycles. The number of ether oxygens (including phenoxy) is 1. The minimum Gasteiger partial charge on any atom is -0.376 e. The molecule has 24 heavy (non-hydrogen) atoms. The molecule has 3 atom stereocenters. The molecule has 0 aromatic carbocycles. The molecule has 5 nitrogen and oxygen atoms in total. The Bertz CT molecular complexity index is 686. The first kappa shape index (κ1) is 15.3. The van der Waals surface area contributed by atoms with Gasteiger partial charge in [0.15, 0.2) is 0 Å². The lowest BCUT2D eigenvalue weighted by Crippen LogP contribution is -2.38.